The van der Waals surface area contributed by atoms with E-state index in [-0.39, 0.29) is 0 Å². The van der Waals surface area contributed by atoms with E-state index in [9.17, 15) is 0 Å². The third-order valence-electron chi connectivity index (χ3n) is 7.61. The third-order valence-corrected chi connectivity index (χ3v) is 7.61. The van der Waals surface area contributed by atoms with Gasteiger partial charge in [0.25, 0.3) is 0 Å². The Labute approximate surface area is 232 Å². The topological polar surface area (TPSA) is 27.1 Å². The number of ether oxygens (including phenoxy) is 1. The van der Waals surface area contributed by atoms with Gasteiger partial charge in [0.05, 0.1) is 16.7 Å². The molecule has 8 rings (SSSR count). The smallest absolute Gasteiger partial charge is 0.159 e. The van der Waals surface area contributed by atoms with Gasteiger partial charge < -0.3 is 4.74 Å². The van der Waals surface area contributed by atoms with Crippen LogP contribution in [0.1, 0.15) is 11.1 Å². The van der Waals surface area contributed by atoms with Gasteiger partial charge in [-0.05, 0) is 35.4 Å². The van der Waals surface area contributed by atoms with E-state index >= 15 is 0 Å². The van der Waals surface area contributed by atoms with Crippen molar-refractivity contribution < 1.29 is 4.74 Å². The van der Waals surface area contributed by atoms with Crippen LogP contribution in [0.25, 0.3) is 62.2 Å². The monoisotopic (exact) mass is 512 g/mol. The van der Waals surface area contributed by atoms with Crippen LogP contribution in [0.3, 0.4) is 0 Å². The van der Waals surface area contributed by atoms with Gasteiger partial charge in [0.2, 0.25) is 0 Å². The second-order valence-corrected chi connectivity index (χ2v) is 10.0. The fourth-order valence-electron chi connectivity index (χ4n) is 5.70. The van der Waals surface area contributed by atoms with Crippen LogP contribution in [0.15, 0.2) is 133 Å². The van der Waals surface area contributed by atoms with E-state index in [2.05, 4.69) is 126 Å². The van der Waals surface area contributed by atoms with Crippen molar-refractivity contribution in [3.05, 3.63) is 145 Å². The van der Waals surface area contributed by atoms with E-state index in [1.54, 1.807) is 0 Å². The highest BCUT2D eigenvalue weighted by atomic mass is 16.5. The van der Waals surface area contributed by atoms with Crippen LogP contribution in [0.5, 0.6) is 11.5 Å². The maximum absolute atomic E-state index is 6.73. The lowest BCUT2D eigenvalue weighted by Crippen LogP contribution is -2.01. The number of aromatic nitrogens is 2. The molecule has 0 N–H and O–H groups in total. The summed E-state index contributed by atoms with van der Waals surface area (Å²) in [5.74, 6) is 2.53. The van der Waals surface area contributed by atoms with Crippen molar-refractivity contribution >= 4 is 34.0 Å². The van der Waals surface area contributed by atoms with Gasteiger partial charge in [0, 0.05) is 27.5 Å². The van der Waals surface area contributed by atoms with E-state index in [1.165, 1.54) is 5.39 Å². The quantitative estimate of drug-likeness (QED) is 0.236. The van der Waals surface area contributed by atoms with Crippen LogP contribution in [0.4, 0.5) is 0 Å². The average molecular weight is 513 g/mol. The number of hydrogen-bond donors (Lipinski definition) is 0. The Hall–Kier alpha value is -5.41. The zero-order valence-electron chi connectivity index (χ0n) is 21.7. The first kappa shape index (κ1) is 22.6. The molecule has 0 saturated carbocycles. The van der Waals surface area contributed by atoms with Gasteiger partial charge in [-0.2, -0.15) is 0 Å². The minimum absolute atomic E-state index is 0.836. The number of para-hydroxylation sites is 2. The minimum atomic E-state index is 0.836. The van der Waals surface area contributed by atoms with Gasteiger partial charge in [-0.15, -0.1) is 0 Å². The van der Waals surface area contributed by atoms with Crippen LogP contribution >= 0.6 is 0 Å². The molecule has 3 heterocycles. The molecule has 1 aliphatic heterocycles. The molecule has 0 radical (unpaired) electrons. The highest BCUT2D eigenvalue weighted by Crippen LogP contribution is 2.44. The molecule has 7 aromatic rings. The van der Waals surface area contributed by atoms with Crippen molar-refractivity contribution in [1.82, 2.24) is 9.55 Å². The SMILES string of the molecule is C1=Cc2ccc3c4ccccc4n(-c4cc(-c5ccccc5)cc(-c5ccccc5)n4)c3c2Oc2ccccc21. The van der Waals surface area contributed by atoms with Crippen LogP contribution in [-0.2, 0) is 0 Å². The van der Waals surface area contributed by atoms with Gasteiger partial charge >= 0.3 is 0 Å². The second-order valence-electron chi connectivity index (χ2n) is 10.0. The van der Waals surface area contributed by atoms with Crippen LogP contribution in [0, 0.1) is 0 Å². The Bertz CT molecular complexity index is 2010. The molecule has 0 spiro atoms. The lowest BCUT2D eigenvalue weighted by Gasteiger charge is -2.16. The van der Waals surface area contributed by atoms with Crippen molar-refractivity contribution in [2.24, 2.45) is 0 Å². The van der Waals surface area contributed by atoms with E-state index in [4.69, 9.17) is 9.72 Å². The summed E-state index contributed by atoms with van der Waals surface area (Å²) in [6, 6.07) is 46.3. The summed E-state index contributed by atoms with van der Waals surface area (Å²) >= 11 is 0. The summed E-state index contributed by atoms with van der Waals surface area (Å²) in [5, 5.41) is 2.30. The van der Waals surface area contributed by atoms with Gasteiger partial charge in [-0.25, -0.2) is 4.98 Å². The number of hydrogen-bond acceptors (Lipinski definition) is 2. The Balaban J connectivity index is 1.47. The lowest BCUT2D eigenvalue weighted by atomic mass is 10.0. The number of benzene rings is 5. The standard InChI is InChI=1S/C37H24N2O/c1-3-11-25(12-4-1)29-23-32(26-13-5-2-6-14-26)38-35(24-29)39-33-17-9-8-16-30(33)31-22-21-28-20-19-27-15-7-10-18-34(27)40-37(28)36(31)39/h1-24H. The molecular weight excluding hydrogens is 488 g/mol. The maximum atomic E-state index is 6.73. The molecular formula is C37H24N2O. The van der Waals surface area contributed by atoms with Crippen molar-refractivity contribution in [3.63, 3.8) is 0 Å². The van der Waals surface area contributed by atoms with E-state index < -0.39 is 0 Å². The fourth-order valence-corrected chi connectivity index (χ4v) is 5.70. The molecule has 0 amide bonds. The normalized spacial score (nSPS) is 12.1. The first-order valence-corrected chi connectivity index (χ1v) is 13.5. The number of pyridine rings is 1. The zero-order chi connectivity index (χ0) is 26.5. The highest BCUT2D eigenvalue weighted by Gasteiger charge is 2.22. The molecule has 40 heavy (non-hydrogen) atoms. The molecule has 0 saturated heterocycles. The second kappa shape index (κ2) is 9.11. The minimum Gasteiger partial charge on any atom is -0.454 e. The molecule has 5 aromatic carbocycles. The van der Waals surface area contributed by atoms with Crippen molar-refractivity contribution in [1.29, 1.82) is 0 Å². The molecule has 2 aromatic heterocycles. The Kier molecular flexibility index (Phi) is 5.14. The van der Waals surface area contributed by atoms with Gasteiger partial charge in [0.15, 0.2) is 5.75 Å². The lowest BCUT2D eigenvalue weighted by molar-refractivity contribution is 0.485. The molecule has 0 aliphatic carbocycles. The molecule has 1 aliphatic rings. The average Bonchev–Trinajstić information content (AvgIpc) is 3.24. The van der Waals surface area contributed by atoms with Crippen molar-refractivity contribution in [2.45, 2.75) is 0 Å². The highest BCUT2D eigenvalue weighted by molar-refractivity contribution is 6.12. The zero-order valence-corrected chi connectivity index (χ0v) is 21.7. The fraction of sp³-hybridized carbons (Fsp3) is 0. The Morgan fingerprint density at radius 1 is 0.525 bits per heavy atom. The summed E-state index contributed by atoms with van der Waals surface area (Å²) in [5.41, 5.74) is 8.47. The molecule has 3 heteroatoms. The maximum Gasteiger partial charge on any atom is 0.159 e. The largest absolute Gasteiger partial charge is 0.454 e. The number of fused-ring (bicyclic) bond motifs is 6. The Morgan fingerprint density at radius 2 is 1.23 bits per heavy atom. The van der Waals surface area contributed by atoms with Crippen LogP contribution in [0.2, 0.25) is 0 Å². The predicted octanol–water partition coefficient (Wildman–Crippen LogP) is 9.79. The van der Waals surface area contributed by atoms with E-state index in [1.807, 2.05) is 24.3 Å². The van der Waals surface area contributed by atoms with Gasteiger partial charge in [0.1, 0.15) is 11.6 Å². The Morgan fingerprint density at radius 3 is 2.08 bits per heavy atom. The third kappa shape index (κ3) is 3.63. The summed E-state index contributed by atoms with van der Waals surface area (Å²) in [6.07, 6.45) is 4.27. The first-order chi connectivity index (χ1) is 19.8. The summed E-state index contributed by atoms with van der Waals surface area (Å²) in [6.45, 7) is 0. The summed E-state index contributed by atoms with van der Waals surface area (Å²) in [7, 11) is 0. The molecule has 0 atom stereocenters. The summed E-state index contributed by atoms with van der Waals surface area (Å²) in [4.78, 5) is 5.28. The van der Waals surface area contributed by atoms with Crippen LogP contribution in [-0.4, -0.2) is 9.55 Å². The van der Waals surface area contributed by atoms with Crippen LogP contribution < -0.4 is 4.74 Å². The number of nitrogens with zero attached hydrogens (tertiary/aromatic N) is 2. The molecule has 0 bridgehead atoms. The predicted molar refractivity (Wildman–Crippen MR) is 165 cm³/mol. The van der Waals surface area contributed by atoms with Crippen molar-refractivity contribution in [2.75, 3.05) is 0 Å². The molecule has 3 nitrogen and oxygen atoms in total. The molecule has 188 valence electrons. The summed E-state index contributed by atoms with van der Waals surface area (Å²) < 4.78 is 8.99. The van der Waals surface area contributed by atoms with E-state index in [0.29, 0.717) is 0 Å². The van der Waals surface area contributed by atoms with Gasteiger partial charge in [-0.1, -0.05) is 121 Å². The molecule has 0 fully saturated rings. The van der Waals surface area contributed by atoms with Gasteiger partial charge in [-0.3, -0.25) is 4.57 Å². The molecule has 0 unspecified atom stereocenters. The van der Waals surface area contributed by atoms with Crippen molar-refractivity contribution in [3.8, 4) is 39.7 Å². The number of rotatable bonds is 3. The first-order valence-electron chi connectivity index (χ1n) is 13.5. The van der Waals surface area contributed by atoms with E-state index in [0.717, 1.165) is 67.2 Å².